The maximum atomic E-state index is 10.7. The second-order valence-electron chi connectivity index (χ2n) is 3.41. The number of hydrogen-bond donors (Lipinski definition) is 2. The number of aromatic carboxylic acids is 1. The van der Waals surface area contributed by atoms with Crippen molar-refractivity contribution in [3.63, 3.8) is 0 Å². The summed E-state index contributed by atoms with van der Waals surface area (Å²) in [7, 11) is 0. The van der Waals surface area contributed by atoms with E-state index in [-0.39, 0.29) is 11.4 Å². The summed E-state index contributed by atoms with van der Waals surface area (Å²) in [5, 5.41) is 22.0. The molecule has 0 aliphatic heterocycles. The van der Waals surface area contributed by atoms with E-state index in [1.165, 1.54) is 16.8 Å². The Morgan fingerprint density at radius 3 is 2.69 bits per heavy atom. The molecule has 2 rings (SSSR count). The Balaban J connectivity index is 2.52. The lowest BCUT2D eigenvalue weighted by Gasteiger charge is -2.03. The van der Waals surface area contributed by atoms with Crippen LogP contribution in [0.1, 0.15) is 16.2 Å². The highest BCUT2D eigenvalue weighted by molar-refractivity contribution is 5.85. The van der Waals surface area contributed by atoms with Crippen molar-refractivity contribution in [1.29, 1.82) is 0 Å². The summed E-state index contributed by atoms with van der Waals surface area (Å²) in [6.07, 6.45) is 0. The van der Waals surface area contributed by atoms with Crippen LogP contribution in [-0.2, 0) is 0 Å². The fraction of sp³-hybridized carbons (Fsp3) is 0.0909. The summed E-state index contributed by atoms with van der Waals surface area (Å²) in [5.41, 5.74) is 1.31. The Morgan fingerprint density at radius 2 is 2.12 bits per heavy atom. The number of aromatic hydroxyl groups is 1. The molecular formula is C11H10N2O3. The largest absolute Gasteiger partial charge is 0.508 e. The molecule has 0 bridgehead atoms. The highest BCUT2D eigenvalue weighted by atomic mass is 16.4. The van der Waals surface area contributed by atoms with Gasteiger partial charge in [0, 0.05) is 11.8 Å². The van der Waals surface area contributed by atoms with Crippen LogP contribution in [0.25, 0.3) is 5.69 Å². The third-order valence-corrected chi connectivity index (χ3v) is 2.18. The maximum Gasteiger partial charge on any atom is 0.356 e. The van der Waals surface area contributed by atoms with Gasteiger partial charge < -0.3 is 10.2 Å². The quantitative estimate of drug-likeness (QED) is 0.802. The highest BCUT2D eigenvalue weighted by Crippen LogP contribution is 2.17. The molecule has 0 atom stereocenters. The van der Waals surface area contributed by atoms with Gasteiger partial charge in [-0.25, -0.2) is 9.48 Å². The van der Waals surface area contributed by atoms with E-state index < -0.39 is 5.97 Å². The van der Waals surface area contributed by atoms with Gasteiger partial charge in [0.1, 0.15) is 5.75 Å². The number of aryl methyl sites for hydroxylation is 1. The second kappa shape index (κ2) is 3.69. The van der Waals surface area contributed by atoms with Gasteiger partial charge in [0.15, 0.2) is 5.69 Å². The first-order chi connectivity index (χ1) is 7.58. The third kappa shape index (κ3) is 1.75. The normalized spacial score (nSPS) is 10.3. The minimum atomic E-state index is -1.07. The molecular weight excluding hydrogens is 208 g/mol. The molecule has 16 heavy (non-hydrogen) atoms. The van der Waals surface area contributed by atoms with Crippen molar-refractivity contribution in [2.24, 2.45) is 0 Å². The number of carbonyl (C=O) groups is 1. The number of rotatable bonds is 2. The number of aromatic nitrogens is 2. The van der Waals surface area contributed by atoms with Gasteiger partial charge in [0.05, 0.1) is 5.69 Å². The van der Waals surface area contributed by atoms with E-state index >= 15 is 0 Å². The highest BCUT2D eigenvalue weighted by Gasteiger charge is 2.11. The monoisotopic (exact) mass is 218 g/mol. The van der Waals surface area contributed by atoms with E-state index in [0.717, 1.165) is 0 Å². The third-order valence-electron chi connectivity index (χ3n) is 2.18. The number of nitrogens with zero attached hydrogens (tertiary/aromatic N) is 2. The first-order valence-corrected chi connectivity index (χ1v) is 4.67. The molecule has 2 N–H and O–H groups in total. The molecule has 2 aromatic rings. The van der Waals surface area contributed by atoms with E-state index in [9.17, 15) is 9.90 Å². The van der Waals surface area contributed by atoms with Crippen LogP contribution >= 0.6 is 0 Å². The van der Waals surface area contributed by atoms with Gasteiger partial charge in [-0.15, -0.1) is 0 Å². The molecule has 0 spiro atoms. The lowest BCUT2D eigenvalue weighted by Crippen LogP contribution is -2.01. The molecule has 0 saturated heterocycles. The molecule has 0 amide bonds. The van der Waals surface area contributed by atoms with Crippen LogP contribution in [0, 0.1) is 6.92 Å². The van der Waals surface area contributed by atoms with Gasteiger partial charge in [-0.1, -0.05) is 6.07 Å². The van der Waals surface area contributed by atoms with Gasteiger partial charge in [0.25, 0.3) is 0 Å². The van der Waals surface area contributed by atoms with Crippen LogP contribution in [0.4, 0.5) is 0 Å². The van der Waals surface area contributed by atoms with Crippen molar-refractivity contribution in [3.05, 3.63) is 41.7 Å². The van der Waals surface area contributed by atoms with Gasteiger partial charge in [-0.05, 0) is 25.1 Å². The number of carboxylic acid groups (broad SMARTS) is 1. The van der Waals surface area contributed by atoms with Gasteiger partial charge in [-0.3, -0.25) is 0 Å². The van der Waals surface area contributed by atoms with E-state index in [2.05, 4.69) is 5.10 Å². The SMILES string of the molecule is Cc1cc(C(=O)O)nn1-c1cccc(O)c1. The summed E-state index contributed by atoms with van der Waals surface area (Å²) >= 11 is 0. The smallest absolute Gasteiger partial charge is 0.356 e. The first kappa shape index (κ1) is 10.2. The second-order valence-corrected chi connectivity index (χ2v) is 3.41. The molecule has 0 radical (unpaired) electrons. The topological polar surface area (TPSA) is 75.3 Å². The molecule has 1 aromatic carbocycles. The molecule has 0 saturated carbocycles. The van der Waals surface area contributed by atoms with Crippen LogP contribution < -0.4 is 0 Å². The van der Waals surface area contributed by atoms with Crippen molar-refractivity contribution in [2.45, 2.75) is 6.92 Å². The number of hydrogen-bond acceptors (Lipinski definition) is 3. The van der Waals surface area contributed by atoms with Gasteiger partial charge >= 0.3 is 5.97 Å². The van der Waals surface area contributed by atoms with E-state index in [1.54, 1.807) is 25.1 Å². The Kier molecular flexibility index (Phi) is 2.36. The molecule has 5 nitrogen and oxygen atoms in total. The van der Waals surface area contributed by atoms with Gasteiger partial charge in [0.2, 0.25) is 0 Å². The molecule has 82 valence electrons. The fourth-order valence-electron chi connectivity index (χ4n) is 1.47. The van der Waals surface area contributed by atoms with Crippen LogP contribution in [0.3, 0.4) is 0 Å². The van der Waals surface area contributed by atoms with E-state index in [0.29, 0.717) is 11.4 Å². The zero-order chi connectivity index (χ0) is 11.7. The summed E-state index contributed by atoms with van der Waals surface area (Å²) in [6, 6.07) is 7.95. The van der Waals surface area contributed by atoms with Crippen molar-refractivity contribution in [3.8, 4) is 11.4 Å². The van der Waals surface area contributed by atoms with Crippen molar-refractivity contribution < 1.29 is 15.0 Å². The number of benzene rings is 1. The summed E-state index contributed by atoms with van der Waals surface area (Å²) in [4.78, 5) is 10.7. The molecule has 0 fully saturated rings. The minimum Gasteiger partial charge on any atom is -0.508 e. The Morgan fingerprint density at radius 1 is 1.38 bits per heavy atom. The van der Waals surface area contributed by atoms with Crippen LogP contribution in [-0.4, -0.2) is 26.0 Å². The van der Waals surface area contributed by atoms with Crippen molar-refractivity contribution in [1.82, 2.24) is 9.78 Å². The number of phenols is 1. The van der Waals surface area contributed by atoms with Crippen LogP contribution in [0.2, 0.25) is 0 Å². The summed E-state index contributed by atoms with van der Waals surface area (Å²) in [5.74, 6) is -0.953. The predicted molar refractivity (Wildman–Crippen MR) is 56.9 cm³/mol. The fourth-order valence-corrected chi connectivity index (χ4v) is 1.47. The first-order valence-electron chi connectivity index (χ1n) is 4.67. The Labute approximate surface area is 91.6 Å². The van der Waals surface area contributed by atoms with E-state index in [1.807, 2.05) is 0 Å². The molecule has 0 aliphatic rings. The maximum absolute atomic E-state index is 10.7. The van der Waals surface area contributed by atoms with E-state index in [4.69, 9.17) is 5.11 Å². The van der Waals surface area contributed by atoms with Crippen molar-refractivity contribution >= 4 is 5.97 Å². The van der Waals surface area contributed by atoms with Crippen LogP contribution in [0.5, 0.6) is 5.75 Å². The molecule has 0 unspecified atom stereocenters. The minimum absolute atomic E-state index is 0.0131. The predicted octanol–water partition coefficient (Wildman–Crippen LogP) is 1.58. The van der Waals surface area contributed by atoms with Crippen molar-refractivity contribution in [2.75, 3.05) is 0 Å². The molecule has 0 aliphatic carbocycles. The summed E-state index contributed by atoms with van der Waals surface area (Å²) in [6.45, 7) is 1.75. The van der Waals surface area contributed by atoms with Gasteiger partial charge in [-0.2, -0.15) is 5.10 Å². The van der Waals surface area contributed by atoms with Crippen LogP contribution in [0.15, 0.2) is 30.3 Å². The lowest BCUT2D eigenvalue weighted by atomic mass is 10.3. The summed E-state index contributed by atoms with van der Waals surface area (Å²) < 4.78 is 1.48. The molecule has 1 heterocycles. The number of phenolic OH excluding ortho intramolecular Hbond substituents is 1. The average molecular weight is 218 g/mol. The molecule has 5 heteroatoms. The average Bonchev–Trinajstić information content (AvgIpc) is 2.60. The number of carboxylic acids is 1. The standard InChI is InChI=1S/C11H10N2O3/c1-7-5-10(11(15)16)12-13(7)8-3-2-4-9(14)6-8/h2-6,14H,1H3,(H,15,16). The Hall–Kier alpha value is -2.30. The Bertz CT molecular complexity index is 546. The molecule has 1 aromatic heterocycles. The lowest BCUT2D eigenvalue weighted by molar-refractivity contribution is 0.0690. The zero-order valence-electron chi connectivity index (χ0n) is 8.58. The zero-order valence-corrected chi connectivity index (χ0v) is 8.58.